The summed E-state index contributed by atoms with van der Waals surface area (Å²) in [7, 11) is 0. The summed E-state index contributed by atoms with van der Waals surface area (Å²) < 4.78 is 7.66. The number of fused-ring (bicyclic) bond motifs is 8. The van der Waals surface area contributed by atoms with Crippen LogP contribution >= 0.6 is 0 Å². The van der Waals surface area contributed by atoms with Crippen molar-refractivity contribution in [2.24, 2.45) is 0 Å². The molecule has 7 aromatic rings. The summed E-state index contributed by atoms with van der Waals surface area (Å²) in [5.74, 6) is 0. The number of nitrogens with zero attached hydrogens (tertiary/aromatic N) is 2. The largest absolute Gasteiger partial charge is 0.468 e. The molecule has 0 fully saturated rings. The van der Waals surface area contributed by atoms with Gasteiger partial charge in [0.2, 0.25) is 0 Å². The van der Waals surface area contributed by atoms with E-state index >= 15 is 0 Å². The fourth-order valence-corrected chi connectivity index (χ4v) is 12.4. The molecule has 0 N–H and O–H groups in total. The predicted octanol–water partition coefficient (Wildman–Crippen LogP) is 15.8. The standard InChI is InChI=1S/C63H71BN2O/c1-38-31-42(59(5,6)7)23-26-50(38)66-51-36-47-46(61(10,11)28-29-62(47,12)13)35-49(51)64-55-52(32-40(33-53(55)66)39-19-17-16-18-20-39)65(43-24-21-41(22-25-43)58(2,3)4)56-44-34-45-48(37-54(44)67-57(56)64)63(14,15)30-27-60(45,8)9/h16-26,31-37H,27-30H2,1-15H3. The molecule has 67 heavy (non-hydrogen) atoms. The first-order valence-electron chi connectivity index (χ1n) is 25.2. The highest BCUT2D eigenvalue weighted by Gasteiger charge is 2.50. The van der Waals surface area contributed by atoms with Gasteiger partial charge in [0.1, 0.15) is 5.58 Å². The van der Waals surface area contributed by atoms with Gasteiger partial charge in [-0.15, -0.1) is 0 Å². The molecular weight excluding hydrogens is 812 g/mol. The van der Waals surface area contributed by atoms with E-state index in [4.69, 9.17) is 4.42 Å². The molecule has 0 bridgehead atoms. The van der Waals surface area contributed by atoms with Crippen molar-refractivity contribution in [3.05, 3.63) is 148 Å². The Morgan fingerprint density at radius 2 is 1.01 bits per heavy atom. The molecule has 0 radical (unpaired) electrons. The molecule has 2 aliphatic carbocycles. The highest BCUT2D eigenvalue weighted by molar-refractivity contribution is 7.00. The highest BCUT2D eigenvalue weighted by atomic mass is 16.3. The average Bonchev–Trinajstić information content (AvgIpc) is 3.64. The van der Waals surface area contributed by atoms with Crippen molar-refractivity contribution in [2.45, 2.75) is 162 Å². The van der Waals surface area contributed by atoms with E-state index in [9.17, 15) is 0 Å². The van der Waals surface area contributed by atoms with Crippen LogP contribution in [0.1, 0.15) is 162 Å². The van der Waals surface area contributed by atoms with Crippen LogP contribution in [0, 0.1) is 6.92 Å². The third-order valence-electron chi connectivity index (χ3n) is 17.0. The zero-order valence-corrected chi connectivity index (χ0v) is 43.1. The predicted molar refractivity (Wildman–Crippen MR) is 288 cm³/mol. The van der Waals surface area contributed by atoms with Gasteiger partial charge >= 0.3 is 0 Å². The van der Waals surface area contributed by atoms with Gasteiger partial charge in [-0.1, -0.05) is 158 Å². The Kier molecular flexibility index (Phi) is 9.39. The van der Waals surface area contributed by atoms with Gasteiger partial charge in [-0.2, -0.15) is 0 Å². The summed E-state index contributed by atoms with van der Waals surface area (Å²) in [5.41, 5.74) is 24.3. The summed E-state index contributed by atoms with van der Waals surface area (Å²) in [6, 6.07) is 42.9. The van der Waals surface area contributed by atoms with E-state index in [1.165, 1.54) is 94.8 Å². The quantitative estimate of drug-likeness (QED) is 0.165. The Morgan fingerprint density at radius 3 is 1.58 bits per heavy atom. The number of anilines is 6. The second-order valence-electron chi connectivity index (χ2n) is 25.6. The topological polar surface area (TPSA) is 19.6 Å². The molecule has 0 saturated heterocycles. The normalized spacial score (nSPS) is 18.5. The Hall–Kier alpha value is -5.48. The van der Waals surface area contributed by atoms with Crippen LogP contribution in [-0.4, -0.2) is 6.71 Å². The molecule has 0 unspecified atom stereocenters. The van der Waals surface area contributed by atoms with Crippen molar-refractivity contribution >= 4 is 68.4 Å². The molecule has 0 saturated carbocycles. The monoisotopic (exact) mass is 883 g/mol. The lowest BCUT2D eigenvalue weighted by Gasteiger charge is -2.47. The number of furan rings is 1. The van der Waals surface area contributed by atoms with Gasteiger partial charge in [0, 0.05) is 33.8 Å². The van der Waals surface area contributed by atoms with E-state index < -0.39 is 0 Å². The SMILES string of the molecule is Cc1cc(C(C)(C)C)ccc1N1c2cc3c(cc2B2c4oc5cc6c(cc5c4N(c4ccc(C(C)(C)C)cc4)c4cc(-c5ccccc5)cc1c42)C(C)(C)CCC6(C)C)C(C)(C)CCC3(C)C. The molecule has 3 heterocycles. The lowest BCUT2D eigenvalue weighted by Crippen LogP contribution is -2.61. The third kappa shape index (κ3) is 6.73. The minimum atomic E-state index is -0.132. The zero-order valence-electron chi connectivity index (χ0n) is 43.1. The lowest BCUT2D eigenvalue weighted by atomic mass is 9.35. The highest BCUT2D eigenvalue weighted by Crippen LogP contribution is 2.54. The van der Waals surface area contributed by atoms with E-state index in [0.29, 0.717) is 0 Å². The maximum atomic E-state index is 7.66. The van der Waals surface area contributed by atoms with Crippen molar-refractivity contribution < 1.29 is 4.42 Å². The van der Waals surface area contributed by atoms with Gasteiger partial charge in [-0.05, 0) is 175 Å². The molecule has 0 atom stereocenters. The molecular formula is C63H71BN2O. The van der Waals surface area contributed by atoms with Crippen LogP contribution in [0.4, 0.5) is 34.1 Å². The molecule has 2 aliphatic heterocycles. The molecule has 0 amide bonds. The van der Waals surface area contributed by atoms with Crippen molar-refractivity contribution in [1.82, 2.24) is 0 Å². The summed E-state index contributed by atoms with van der Waals surface area (Å²) >= 11 is 0. The van der Waals surface area contributed by atoms with Gasteiger partial charge < -0.3 is 14.2 Å². The molecule has 342 valence electrons. The van der Waals surface area contributed by atoms with Crippen molar-refractivity contribution in [2.75, 3.05) is 9.80 Å². The number of hydrogen-bond acceptors (Lipinski definition) is 3. The average molecular weight is 883 g/mol. The van der Waals surface area contributed by atoms with Crippen LogP contribution in [-0.2, 0) is 32.5 Å². The number of rotatable bonds is 3. The fourth-order valence-electron chi connectivity index (χ4n) is 12.4. The van der Waals surface area contributed by atoms with Gasteiger partial charge in [0.15, 0.2) is 0 Å². The summed E-state index contributed by atoms with van der Waals surface area (Å²) in [4.78, 5) is 5.24. The first-order chi connectivity index (χ1) is 31.4. The van der Waals surface area contributed by atoms with Crippen LogP contribution in [0.25, 0.3) is 22.1 Å². The van der Waals surface area contributed by atoms with E-state index in [-0.39, 0.29) is 39.2 Å². The molecule has 1 aromatic heterocycles. The second kappa shape index (κ2) is 14.3. The Morgan fingerprint density at radius 1 is 0.493 bits per heavy atom. The molecule has 11 rings (SSSR count). The Balaban J connectivity index is 1.31. The number of aryl methyl sites for hydroxylation is 1. The van der Waals surface area contributed by atoms with Crippen molar-refractivity contribution in [1.29, 1.82) is 0 Å². The smallest absolute Gasteiger partial charge is 0.297 e. The van der Waals surface area contributed by atoms with Crippen LogP contribution in [0.3, 0.4) is 0 Å². The fraction of sp³-hybridized carbons (Fsp3) is 0.397. The second-order valence-corrected chi connectivity index (χ2v) is 25.6. The van der Waals surface area contributed by atoms with Gasteiger partial charge in [0.25, 0.3) is 6.71 Å². The van der Waals surface area contributed by atoms with E-state index in [1.54, 1.807) is 0 Å². The number of hydrogen-bond donors (Lipinski definition) is 0. The lowest BCUT2D eigenvalue weighted by molar-refractivity contribution is 0.332. The van der Waals surface area contributed by atoms with Gasteiger partial charge in [0.05, 0.1) is 11.3 Å². The molecule has 4 aliphatic rings. The first kappa shape index (κ1) is 44.1. The Labute approximate surface area is 402 Å². The molecule has 3 nitrogen and oxygen atoms in total. The maximum absolute atomic E-state index is 7.66. The third-order valence-corrected chi connectivity index (χ3v) is 17.0. The van der Waals surface area contributed by atoms with Crippen LogP contribution in [0.2, 0.25) is 0 Å². The maximum Gasteiger partial charge on any atom is 0.297 e. The van der Waals surface area contributed by atoms with Crippen LogP contribution in [0.5, 0.6) is 0 Å². The van der Waals surface area contributed by atoms with Gasteiger partial charge in [-0.3, -0.25) is 0 Å². The molecule has 0 spiro atoms. The number of benzene rings is 6. The van der Waals surface area contributed by atoms with Gasteiger partial charge in [-0.25, -0.2) is 0 Å². The summed E-state index contributed by atoms with van der Waals surface area (Å²) in [6.45, 7) is 35.7. The minimum Gasteiger partial charge on any atom is -0.468 e. The van der Waals surface area contributed by atoms with Crippen molar-refractivity contribution in [3.8, 4) is 11.1 Å². The summed E-state index contributed by atoms with van der Waals surface area (Å²) in [6.07, 6.45) is 4.62. The van der Waals surface area contributed by atoms with E-state index in [2.05, 4.69) is 223 Å². The van der Waals surface area contributed by atoms with E-state index in [0.717, 1.165) is 42.6 Å². The van der Waals surface area contributed by atoms with Crippen LogP contribution in [0.15, 0.2) is 114 Å². The molecule has 6 aromatic carbocycles. The zero-order chi connectivity index (χ0) is 47.5. The minimum absolute atomic E-state index is 0.0228. The summed E-state index contributed by atoms with van der Waals surface area (Å²) in [5, 5.41) is 1.20. The van der Waals surface area contributed by atoms with Crippen LogP contribution < -0.4 is 26.4 Å². The molecule has 4 heteroatoms. The Bertz CT molecular complexity index is 3160. The first-order valence-corrected chi connectivity index (χ1v) is 25.2. The van der Waals surface area contributed by atoms with E-state index in [1.807, 2.05) is 0 Å². The van der Waals surface area contributed by atoms with Crippen molar-refractivity contribution in [3.63, 3.8) is 0 Å².